The number of nitrogen functional groups attached to an aromatic ring is 4. The van der Waals surface area contributed by atoms with Gasteiger partial charge in [0.05, 0.1) is 5.69 Å². The van der Waals surface area contributed by atoms with Crippen LogP contribution in [0.1, 0.15) is 66.3 Å². The van der Waals surface area contributed by atoms with Crippen molar-refractivity contribution in [2.75, 3.05) is 22.9 Å². The van der Waals surface area contributed by atoms with Crippen molar-refractivity contribution < 1.29 is 20.1 Å². The van der Waals surface area contributed by atoms with Crippen LogP contribution < -0.4 is 22.9 Å². The molecule has 1 aliphatic rings. The first kappa shape index (κ1) is 42.3. The number of carbonyl (C=O) groups excluding carboxylic acids is 1. The molecule has 0 amide bonds. The lowest BCUT2D eigenvalue weighted by Gasteiger charge is -2.19. The van der Waals surface area contributed by atoms with Gasteiger partial charge in [-0.2, -0.15) is 0 Å². The van der Waals surface area contributed by atoms with Crippen molar-refractivity contribution in [3.8, 4) is 11.5 Å². The zero-order valence-corrected chi connectivity index (χ0v) is 29.0. The van der Waals surface area contributed by atoms with Crippen molar-refractivity contribution in [2.45, 2.75) is 76.7 Å². The lowest BCUT2D eigenvalue weighted by atomic mass is 9.88. The number of hydrogen-bond acceptors (Lipinski definition) is 9. The lowest BCUT2D eigenvalue weighted by molar-refractivity contribution is -0.109. The molecule has 0 heterocycles. The second-order valence-corrected chi connectivity index (χ2v) is 12.1. The lowest BCUT2D eigenvalue weighted by Crippen LogP contribution is -2.21. The molecule has 268 valence electrons. The number of carbonyl (C=O) groups is 1. The molecule has 0 unspecified atom stereocenters. The summed E-state index contributed by atoms with van der Waals surface area (Å²) in [4.78, 5) is 17.2. The third-order valence-corrected chi connectivity index (χ3v) is 8.88. The van der Waals surface area contributed by atoms with Crippen LogP contribution in [0.5, 0.6) is 11.5 Å². The molecule has 0 atom stereocenters. The Kier molecular flexibility index (Phi) is 14.9. The van der Waals surface area contributed by atoms with Crippen LogP contribution in [0.4, 0.5) is 28.4 Å². The van der Waals surface area contributed by atoms with E-state index >= 15 is 0 Å². The Hall–Kier alpha value is -5.70. The number of ketones is 1. The first-order valence-electron chi connectivity index (χ1n) is 15.5. The van der Waals surface area contributed by atoms with Crippen molar-refractivity contribution >= 4 is 39.9 Å². The van der Waals surface area contributed by atoms with Crippen molar-refractivity contribution in [1.82, 2.24) is 0 Å². The molecule has 4 aromatic carbocycles. The summed E-state index contributed by atoms with van der Waals surface area (Å²) in [5.41, 5.74) is 36.8. The molecule has 0 saturated carbocycles. The van der Waals surface area contributed by atoms with Crippen molar-refractivity contribution in [3.63, 3.8) is 0 Å². The highest BCUT2D eigenvalue weighted by Gasteiger charge is 2.25. The summed E-state index contributed by atoms with van der Waals surface area (Å²) in [6, 6.07) is 15.6. The Morgan fingerprint density at radius 1 is 0.580 bits per heavy atom. The Bertz CT molecular complexity index is 1900. The fourth-order valence-electron chi connectivity index (χ4n) is 5.12. The van der Waals surface area contributed by atoms with E-state index in [1.807, 2.05) is 78.8 Å². The molecule has 11 N–H and O–H groups in total. The highest BCUT2D eigenvalue weighted by Crippen LogP contribution is 2.31. The normalized spacial score (nSPS) is 12.8. The summed E-state index contributed by atoms with van der Waals surface area (Å²) >= 11 is 0. The van der Waals surface area contributed by atoms with Crippen molar-refractivity contribution in [1.29, 1.82) is 0 Å². The van der Waals surface area contributed by atoms with Crippen LogP contribution in [0.3, 0.4) is 0 Å². The number of hydrogen-bond donors (Lipinski definition) is 7. The number of aliphatic hydroxyl groups excluding tert-OH is 1. The fraction of sp³-hybridized carbons (Fsp3) is 0.268. The van der Waals surface area contributed by atoms with Crippen molar-refractivity contribution in [2.24, 2.45) is 4.99 Å². The monoisotopic (exact) mass is 681 g/mol. The molecule has 0 fully saturated rings. The molecule has 0 aromatic heterocycles. The van der Waals surface area contributed by atoms with Crippen LogP contribution in [-0.2, 0) is 11.2 Å². The molecule has 4 aromatic rings. The highest BCUT2D eigenvalue weighted by molar-refractivity contribution is 6.51. The van der Waals surface area contributed by atoms with E-state index in [4.69, 9.17) is 33.1 Å². The SMILES string of the molecule is C.C.CC1=C(Cc2ccc(N)c(C)c2C)C(O)=CC(=O)C1=Nc1ccc(N)c(C)c1C.Cc1c(N)ccc(N)c1C.Cc1cc(O)cc(O)c1. The second kappa shape index (κ2) is 17.6. The van der Waals surface area contributed by atoms with E-state index in [0.29, 0.717) is 34.7 Å². The number of phenols is 2. The summed E-state index contributed by atoms with van der Waals surface area (Å²) in [5.74, 6) is -0.103. The van der Waals surface area contributed by atoms with Gasteiger partial charge in [0.2, 0.25) is 5.78 Å². The van der Waals surface area contributed by atoms with E-state index in [1.165, 1.54) is 12.1 Å². The number of aromatic hydroxyl groups is 2. The first-order chi connectivity index (χ1) is 22.4. The average molecular weight is 682 g/mol. The number of nitrogens with zero attached hydrogens (tertiary/aromatic N) is 1. The molecule has 1 aliphatic carbocycles. The third kappa shape index (κ3) is 9.92. The Morgan fingerprint density at radius 2 is 1.00 bits per heavy atom. The van der Waals surface area contributed by atoms with Gasteiger partial charge in [-0.1, -0.05) is 20.9 Å². The standard InChI is InChI=1S/C24H27N3O2.C8H12N2.C7H8O2.2CH4/c1-12-13(2)19(25)7-6-17(12)10-18-16(5)24(23(29)11-22(18)28)27-21-9-8-20(26)14(3)15(21)4;1-5-6(2)8(10)4-3-7(5)9;1-5-2-6(8)4-7(9)3-5;;/h6-9,11,28H,10,25-26H2,1-5H3;3-4H,9-10H2,1-2H3;2-4,8-9H,1H3;2*1H4. The van der Waals surface area contributed by atoms with Gasteiger partial charge in [0.1, 0.15) is 23.0 Å². The van der Waals surface area contributed by atoms with E-state index in [2.05, 4.69) is 4.99 Å². The Morgan fingerprint density at radius 3 is 1.48 bits per heavy atom. The molecule has 0 radical (unpaired) electrons. The number of aryl methyl sites for hydroxylation is 1. The first-order valence-corrected chi connectivity index (χ1v) is 15.5. The topological polar surface area (TPSA) is 194 Å². The number of allylic oxidation sites excluding steroid dienone is 3. The predicted molar refractivity (Wildman–Crippen MR) is 213 cm³/mol. The molecule has 0 aliphatic heterocycles. The molecule has 0 saturated heterocycles. The molecule has 9 heteroatoms. The largest absolute Gasteiger partial charge is 0.508 e. The number of anilines is 4. The summed E-state index contributed by atoms with van der Waals surface area (Å²) in [6.45, 7) is 15.4. The molecule has 5 rings (SSSR count). The summed E-state index contributed by atoms with van der Waals surface area (Å²) in [7, 11) is 0. The third-order valence-electron chi connectivity index (χ3n) is 8.88. The van der Waals surface area contributed by atoms with Crippen LogP contribution >= 0.6 is 0 Å². The Balaban J connectivity index is 0.000000486. The summed E-state index contributed by atoms with van der Waals surface area (Å²) in [5, 5.41) is 28.2. The number of rotatable bonds is 3. The smallest absolute Gasteiger partial charge is 0.208 e. The molecule has 0 spiro atoms. The minimum atomic E-state index is -0.303. The van der Waals surface area contributed by atoms with Gasteiger partial charge < -0.3 is 38.3 Å². The van der Waals surface area contributed by atoms with Gasteiger partial charge in [0, 0.05) is 46.9 Å². The van der Waals surface area contributed by atoms with E-state index in [1.54, 1.807) is 25.1 Å². The van der Waals surface area contributed by atoms with Gasteiger partial charge in [0.15, 0.2) is 0 Å². The van der Waals surface area contributed by atoms with Gasteiger partial charge >= 0.3 is 0 Å². The maximum Gasteiger partial charge on any atom is 0.208 e. The number of aliphatic imine (C=N–C) groups is 1. The minimum absolute atomic E-state index is 0. The Labute approximate surface area is 297 Å². The fourth-order valence-corrected chi connectivity index (χ4v) is 5.12. The molecular weight excluding hydrogens is 626 g/mol. The van der Waals surface area contributed by atoms with Crippen LogP contribution in [0.15, 0.2) is 82.6 Å². The van der Waals surface area contributed by atoms with E-state index in [-0.39, 0.29) is 37.9 Å². The van der Waals surface area contributed by atoms with Crippen molar-refractivity contribution in [3.05, 3.63) is 122 Å². The summed E-state index contributed by atoms with van der Waals surface area (Å²) < 4.78 is 0. The van der Waals surface area contributed by atoms with Gasteiger partial charge in [-0.15, -0.1) is 0 Å². The zero-order valence-electron chi connectivity index (χ0n) is 29.0. The maximum absolute atomic E-state index is 12.6. The van der Waals surface area contributed by atoms with Crippen LogP contribution in [-0.4, -0.2) is 26.8 Å². The number of aliphatic hydroxyl groups is 1. The quantitative estimate of drug-likeness (QED) is 0.0822. The van der Waals surface area contributed by atoms with Gasteiger partial charge in [-0.05, 0) is 148 Å². The predicted octanol–water partition coefficient (Wildman–Crippen LogP) is 8.89. The van der Waals surface area contributed by atoms with Gasteiger partial charge in [-0.3, -0.25) is 4.79 Å². The maximum atomic E-state index is 12.6. The number of nitrogens with two attached hydrogens (primary N) is 4. The average Bonchev–Trinajstić information content (AvgIpc) is 3.01. The van der Waals surface area contributed by atoms with Gasteiger partial charge in [-0.25, -0.2) is 4.99 Å². The number of phenolic OH excluding ortho intramolecular Hbond substituents is 2. The van der Waals surface area contributed by atoms with Crippen LogP contribution in [0.25, 0.3) is 0 Å². The van der Waals surface area contributed by atoms with E-state index < -0.39 is 0 Å². The summed E-state index contributed by atoms with van der Waals surface area (Å²) in [6.07, 6.45) is 1.74. The molecular formula is C41H55N5O4. The van der Waals surface area contributed by atoms with Crippen LogP contribution in [0.2, 0.25) is 0 Å². The molecule has 9 nitrogen and oxygen atoms in total. The second-order valence-electron chi connectivity index (χ2n) is 12.1. The molecule has 50 heavy (non-hydrogen) atoms. The highest BCUT2D eigenvalue weighted by atomic mass is 16.3. The van der Waals surface area contributed by atoms with E-state index in [0.717, 1.165) is 61.6 Å². The number of benzene rings is 4. The van der Waals surface area contributed by atoms with E-state index in [9.17, 15) is 9.90 Å². The van der Waals surface area contributed by atoms with Gasteiger partial charge in [0.25, 0.3) is 0 Å². The minimum Gasteiger partial charge on any atom is -0.508 e. The molecule has 0 bridgehead atoms. The van der Waals surface area contributed by atoms with Crippen LogP contribution in [0, 0.1) is 48.5 Å². The zero-order chi connectivity index (χ0) is 36.0.